The molecule has 0 bridgehead atoms. The molecular formula is C19H22N2O4. The second kappa shape index (κ2) is 10.7. The molecule has 0 unspecified atom stereocenters. The molecule has 2 aromatic rings. The van der Waals surface area contributed by atoms with E-state index in [1.807, 2.05) is 36.4 Å². The summed E-state index contributed by atoms with van der Waals surface area (Å²) in [5.74, 6) is 0.928. The molecule has 0 aliphatic carbocycles. The predicted octanol–water partition coefficient (Wildman–Crippen LogP) is 1.77. The lowest BCUT2D eigenvalue weighted by Crippen LogP contribution is -2.34. The van der Waals surface area contributed by atoms with Crippen molar-refractivity contribution in [2.75, 3.05) is 26.3 Å². The highest BCUT2D eigenvalue weighted by Crippen LogP contribution is 2.08. The molecule has 2 rings (SSSR count). The third-order valence-electron chi connectivity index (χ3n) is 3.22. The largest absolute Gasteiger partial charge is 0.484 e. The summed E-state index contributed by atoms with van der Waals surface area (Å²) < 4.78 is 10.7. The summed E-state index contributed by atoms with van der Waals surface area (Å²) in [7, 11) is 0. The Morgan fingerprint density at radius 3 is 1.48 bits per heavy atom. The van der Waals surface area contributed by atoms with Crippen molar-refractivity contribution < 1.29 is 19.1 Å². The molecule has 0 saturated heterocycles. The maximum Gasteiger partial charge on any atom is 0.257 e. The van der Waals surface area contributed by atoms with Crippen LogP contribution < -0.4 is 20.1 Å². The quantitative estimate of drug-likeness (QED) is 0.645. The van der Waals surface area contributed by atoms with Gasteiger partial charge in [-0.3, -0.25) is 9.59 Å². The number of carbonyl (C=O) groups is 2. The van der Waals surface area contributed by atoms with Crippen molar-refractivity contribution in [2.24, 2.45) is 0 Å². The van der Waals surface area contributed by atoms with E-state index < -0.39 is 0 Å². The van der Waals surface area contributed by atoms with Crippen LogP contribution in [-0.2, 0) is 9.59 Å². The first-order chi connectivity index (χ1) is 12.2. The fourth-order valence-electron chi connectivity index (χ4n) is 1.98. The second-order valence-corrected chi connectivity index (χ2v) is 5.26. The number of para-hydroxylation sites is 2. The number of nitrogens with one attached hydrogen (secondary N) is 2. The normalized spacial score (nSPS) is 9.92. The second-order valence-electron chi connectivity index (χ2n) is 5.26. The van der Waals surface area contributed by atoms with Gasteiger partial charge in [-0.05, 0) is 30.7 Å². The van der Waals surface area contributed by atoms with Crippen molar-refractivity contribution in [3.05, 3.63) is 60.7 Å². The summed E-state index contributed by atoms with van der Waals surface area (Å²) in [6.45, 7) is 0.885. The first-order valence-corrected chi connectivity index (χ1v) is 8.13. The first-order valence-electron chi connectivity index (χ1n) is 8.13. The van der Waals surface area contributed by atoms with Crippen molar-refractivity contribution in [1.82, 2.24) is 10.6 Å². The van der Waals surface area contributed by atoms with Crippen LogP contribution in [0.25, 0.3) is 0 Å². The zero-order chi connectivity index (χ0) is 17.7. The molecule has 0 fully saturated rings. The fourth-order valence-corrected chi connectivity index (χ4v) is 1.98. The summed E-state index contributed by atoms with van der Waals surface area (Å²) >= 11 is 0. The van der Waals surface area contributed by atoms with Crippen LogP contribution in [-0.4, -0.2) is 38.1 Å². The van der Waals surface area contributed by atoms with Crippen LogP contribution in [0.3, 0.4) is 0 Å². The van der Waals surface area contributed by atoms with E-state index in [-0.39, 0.29) is 25.0 Å². The Morgan fingerprint density at radius 2 is 1.08 bits per heavy atom. The summed E-state index contributed by atoms with van der Waals surface area (Å²) in [5, 5.41) is 5.48. The minimum atomic E-state index is -0.192. The summed E-state index contributed by atoms with van der Waals surface area (Å²) in [6, 6.07) is 18.3. The Hall–Kier alpha value is -3.02. The standard InChI is InChI=1S/C19H22N2O4/c22-18(14-24-16-8-3-1-4-9-16)20-12-7-13-21-19(23)15-25-17-10-5-2-6-11-17/h1-6,8-11H,7,12-15H2,(H,20,22)(H,21,23). The fraction of sp³-hybridized carbons (Fsp3) is 0.263. The molecule has 0 atom stereocenters. The summed E-state index contributed by atoms with van der Waals surface area (Å²) in [6.07, 6.45) is 0.633. The lowest BCUT2D eigenvalue weighted by molar-refractivity contribution is -0.123. The molecule has 2 amide bonds. The monoisotopic (exact) mass is 342 g/mol. The van der Waals surface area contributed by atoms with Crippen molar-refractivity contribution in [3.63, 3.8) is 0 Å². The zero-order valence-electron chi connectivity index (χ0n) is 13.9. The number of benzene rings is 2. The molecule has 2 aromatic carbocycles. The molecule has 0 aliphatic heterocycles. The third kappa shape index (κ3) is 7.87. The molecule has 2 N–H and O–H groups in total. The SMILES string of the molecule is O=C(COc1ccccc1)NCCCNC(=O)COc1ccccc1. The van der Waals surface area contributed by atoms with E-state index in [4.69, 9.17) is 9.47 Å². The lowest BCUT2D eigenvalue weighted by Gasteiger charge is -2.09. The minimum absolute atomic E-state index is 0.0265. The van der Waals surface area contributed by atoms with E-state index in [9.17, 15) is 9.59 Å². The molecule has 0 aliphatic rings. The van der Waals surface area contributed by atoms with Gasteiger partial charge in [0.15, 0.2) is 13.2 Å². The van der Waals surface area contributed by atoms with E-state index in [2.05, 4.69) is 10.6 Å². The smallest absolute Gasteiger partial charge is 0.257 e. The highest BCUT2D eigenvalue weighted by Gasteiger charge is 2.04. The van der Waals surface area contributed by atoms with E-state index in [1.165, 1.54) is 0 Å². The number of amides is 2. The molecule has 0 heterocycles. The van der Waals surface area contributed by atoms with Crippen molar-refractivity contribution in [2.45, 2.75) is 6.42 Å². The molecule has 0 aromatic heterocycles. The van der Waals surface area contributed by atoms with Crippen molar-refractivity contribution in [3.8, 4) is 11.5 Å². The zero-order valence-corrected chi connectivity index (χ0v) is 13.9. The molecular weight excluding hydrogens is 320 g/mol. The Bertz CT molecular complexity index is 589. The highest BCUT2D eigenvalue weighted by molar-refractivity contribution is 5.78. The van der Waals surface area contributed by atoms with Gasteiger partial charge in [-0.25, -0.2) is 0 Å². The summed E-state index contributed by atoms with van der Waals surface area (Å²) in [4.78, 5) is 23.3. The first kappa shape index (κ1) is 18.3. The Labute approximate surface area is 147 Å². The number of carbonyl (C=O) groups excluding carboxylic acids is 2. The number of hydrogen-bond donors (Lipinski definition) is 2. The van der Waals surface area contributed by atoms with Crippen LogP contribution in [0.5, 0.6) is 11.5 Å². The summed E-state index contributed by atoms with van der Waals surface area (Å²) in [5.41, 5.74) is 0. The van der Waals surface area contributed by atoms with Gasteiger partial charge >= 0.3 is 0 Å². The van der Waals surface area contributed by atoms with Crippen LogP contribution in [0, 0.1) is 0 Å². The maximum atomic E-state index is 11.6. The van der Waals surface area contributed by atoms with Gasteiger partial charge in [0.05, 0.1) is 0 Å². The van der Waals surface area contributed by atoms with Crippen LogP contribution in [0.2, 0.25) is 0 Å². The number of hydrogen-bond acceptors (Lipinski definition) is 4. The Balaban J connectivity index is 1.48. The van der Waals surface area contributed by atoms with Crippen LogP contribution in [0.15, 0.2) is 60.7 Å². The van der Waals surface area contributed by atoms with Crippen LogP contribution in [0.1, 0.15) is 6.42 Å². The molecule has 0 radical (unpaired) electrons. The van der Waals surface area contributed by atoms with Gasteiger partial charge in [0.25, 0.3) is 11.8 Å². The molecule has 0 spiro atoms. The van der Waals surface area contributed by atoms with Gasteiger partial charge < -0.3 is 20.1 Å². The van der Waals surface area contributed by atoms with E-state index in [0.29, 0.717) is 31.0 Å². The van der Waals surface area contributed by atoms with Crippen LogP contribution >= 0.6 is 0 Å². The Morgan fingerprint density at radius 1 is 0.680 bits per heavy atom. The van der Waals surface area contributed by atoms with E-state index in [1.54, 1.807) is 24.3 Å². The van der Waals surface area contributed by atoms with Gasteiger partial charge in [-0.2, -0.15) is 0 Å². The number of rotatable bonds is 10. The minimum Gasteiger partial charge on any atom is -0.484 e. The predicted molar refractivity (Wildman–Crippen MR) is 94.5 cm³/mol. The molecule has 25 heavy (non-hydrogen) atoms. The van der Waals surface area contributed by atoms with E-state index in [0.717, 1.165) is 0 Å². The number of ether oxygens (including phenoxy) is 2. The molecule has 0 saturated carbocycles. The maximum absolute atomic E-state index is 11.6. The Kier molecular flexibility index (Phi) is 7.84. The van der Waals surface area contributed by atoms with Gasteiger partial charge in [0.1, 0.15) is 11.5 Å². The van der Waals surface area contributed by atoms with Gasteiger partial charge in [0, 0.05) is 13.1 Å². The average molecular weight is 342 g/mol. The topological polar surface area (TPSA) is 76.7 Å². The average Bonchev–Trinajstić information content (AvgIpc) is 2.66. The van der Waals surface area contributed by atoms with Crippen molar-refractivity contribution >= 4 is 11.8 Å². The van der Waals surface area contributed by atoms with Gasteiger partial charge in [-0.1, -0.05) is 36.4 Å². The van der Waals surface area contributed by atoms with Gasteiger partial charge in [-0.15, -0.1) is 0 Å². The third-order valence-corrected chi connectivity index (χ3v) is 3.22. The van der Waals surface area contributed by atoms with Crippen molar-refractivity contribution in [1.29, 1.82) is 0 Å². The lowest BCUT2D eigenvalue weighted by atomic mass is 10.3. The highest BCUT2D eigenvalue weighted by atomic mass is 16.5. The molecule has 132 valence electrons. The van der Waals surface area contributed by atoms with Gasteiger partial charge in [0.2, 0.25) is 0 Å². The van der Waals surface area contributed by atoms with Crippen LogP contribution in [0.4, 0.5) is 0 Å². The van der Waals surface area contributed by atoms with E-state index >= 15 is 0 Å². The molecule has 6 nitrogen and oxygen atoms in total. The molecule has 6 heteroatoms.